The van der Waals surface area contributed by atoms with Gasteiger partial charge in [0, 0.05) is 30.8 Å². The molecule has 0 aromatic heterocycles. The van der Waals surface area contributed by atoms with E-state index in [0.717, 1.165) is 32.1 Å². The highest BCUT2D eigenvalue weighted by molar-refractivity contribution is 6.50. The van der Waals surface area contributed by atoms with Crippen molar-refractivity contribution in [1.82, 2.24) is 4.90 Å². The molecule has 2 aromatic carbocycles. The molecule has 5 rings (SSSR count). The van der Waals surface area contributed by atoms with E-state index in [0.29, 0.717) is 42.3 Å². The zero-order valence-electron chi connectivity index (χ0n) is 21.9. The maximum atomic E-state index is 14.5. The number of aliphatic hydroxyl groups is 1. The zero-order valence-corrected chi connectivity index (χ0v) is 21.9. The number of fused-ring (bicyclic) bond motifs is 2. The first-order valence-corrected chi connectivity index (χ1v) is 13.5. The van der Waals surface area contributed by atoms with Crippen LogP contribution in [0.5, 0.6) is 5.75 Å². The fraction of sp³-hybridized carbons (Fsp3) is 0.433. The van der Waals surface area contributed by atoms with Gasteiger partial charge < -0.3 is 24.4 Å². The fourth-order valence-electron chi connectivity index (χ4n) is 5.72. The van der Waals surface area contributed by atoms with Crippen LogP contribution in [-0.4, -0.2) is 60.0 Å². The van der Waals surface area contributed by atoms with Gasteiger partial charge in [0.1, 0.15) is 11.5 Å². The van der Waals surface area contributed by atoms with Crippen molar-refractivity contribution in [2.45, 2.75) is 57.6 Å². The molecule has 1 N–H and O–H groups in total. The van der Waals surface area contributed by atoms with Crippen molar-refractivity contribution in [2.24, 2.45) is 0 Å². The number of carbonyl (C=O) groups excluding carboxylic acids is 3. The summed E-state index contributed by atoms with van der Waals surface area (Å²) >= 11 is 0. The van der Waals surface area contributed by atoms with E-state index in [1.807, 2.05) is 26.0 Å². The van der Waals surface area contributed by atoms with Crippen molar-refractivity contribution in [1.29, 1.82) is 0 Å². The van der Waals surface area contributed by atoms with Gasteiger partial charge in [-0.25, -0.2) is 0 Å². The Bertz CT molecular complexity index is 1260. The highest BCUT2D eigenvalue weighted by Gasteiger charge is 2.67. The number of hydrogen-bond acceptors (Lipinski definition) is 6. The summed E-state index contributed by atoms with van der Waals surface area (Å²) in [6.07, 6.45) is 3.77. The molecule has 200 valence electrons. The molecule has 2 unspecified atom stereocenters. The number of Topliss-reactive ketones (excluding diaryl/α,β-unsaturated/α-hetero) is 1. The Morgan fingerprint density at radius 2 is 1.84 bits per heavy atom. The standard InChI is InChI=1S/C30H34N2O6/c1-3-5-16-31-24-11-7-6-10-23(24)30(29(31)36)25(26(33)20-12-14-21(15-13-20)37-17-4-2)27(34)28(35)32(30)19-22-9-8-18-38-22/h6-7,10-15,22,33H,3-5,8-9,16-19H2,1-2H3/b26-25-. The normalized spacial score (nSPS) is 24.1. The molecule has 2 atom stereocenters. The number of benzene rings is 2. The van der Waals surface area contributed by atoms with Gasteiger partial charge in [-0.05, 0) is 56.0 Å². The number of anilines is 1. The lowest BCUT2D eigenvalue weighted by atomic mass is 9.81. The van der Waals surface area contributed by atoms with Gasteiger partial charge in [0.15, 0.2) is 5.54 Å². The number of hydrogen-bond donors (Lipinski definition) is 1. The molecule has 38 heavy (non-hydrogen) atoms. The molecular weight excluding hydrogens is 484 g/mol. The molecule has 2 amide bonds. The fourth-order valence-corrected chi connectivity index (χ4v) is 5.72. The van der Waals surface area contributed by atoms with Crippen LogP contribution >= 0.6 is 0 Å². The van der Waals surface area contributed by atoms with E-state index in [1.165, 1.54) is 4.90 Å². The second kappa shape index (κ2) is 10.6. The molecular formula is C30H34N2O6. The van der Waals surface area contributed by atoms with Gasteiger partial charge in [0.25, 0.3) is 17.6 Å². The summed E-state index contributed by atoms with van der Waals surface area (Å²) < 4.78 is 11.5. The molecule has 3 aliphatic rings. The maximum absolute atomic E-state index is 14.5. The Hall–Kier alpha value is -3.65. The average molecular weight is 519 g/mol. The molecule has 2 saturated heterocycles. The molecule has 8 nitrogen and oxygen atoms in total. The van der Waals surface area contributed by atoms with Gasteiger partial charge in [-0.1, -0.05) is 38.5 Å². The molecule has 2 fully saturated rings. The third-order valence-corrected chi connectivity index (χ3v) is 7.56. The number of rotatable bonds is 9. The molecule has 3 aliphatic heterocycles. The highest BCUT2D eigenvalue weighted by atomic mass is 16.5. The number of amides is 2. The second-order valence-corrected chi connectivity index (χ2v) is 10.0. The van der Waals surface area contributed by atoms with Gasteiger partial charge in [-0.3, -0.25) is 14.4 Å². The smallest absolute Gasteiger partial charge is 0.296 e. The van der Waals surface area contributed by atoms with Crippen molar-refractivity contribution >= 4 is 29.0 Å². The summed E-state index contributed by atoms with van der Waals surface area (Å²) in [4.78, 5) is 44.8. The number of unbranched alkanes of at least 4 members (excludes halogenated alkanes) is 1. The molecule has 3 heterocycles. The Balaban J connectivity index is 1.70. The highest BCUT2D eigenvalue weighted by Crippen LogP contribution is 2.54. The molecule has 0 bridgehead atoms. The lowest BCUT2D eigenvalue weighted by Gasteiger charge is -2.35. The van der Waals surface area contributed by atoms with Crippen molar-refractivity contribution in [3.63, 3.8) is 0 Å². The number of carbonyl (C=O) groups is 3. The van der Waals surface area contributed by atoms with Gasteiger partial charge in [0.2, 0.25) is 0 Å². The number of ether oxygens (including phenoxy) is 2. The third kappa shape index (κ3) is 4.07. The van der Waals surface area contributed by atoms with E-state index in [9.17, 15) is 19.5 Å². The summed E-state index contributed by atoms with van der Waals surface area (Å²) in [7, 11) is 0. The van der Waals surface area contributed by atoms with Crippen LogP contribution in [0.2, 0.25) is 0 Å². The predicted molar refractivity (Wildman–Crippen MR) is 143 cm³/mol. The molecule has 0 radical (unpaired) electrons. The van der Waals surface area contributed by atoms with Crippen molar-refractivity contribution in [2.75, 3.05) is 31.2 Å². The lowest BCUT2D eigenvalue weighted by Crippen LogP contribution is -2.54. The van der Waals surface area contributed by atoms with Crippen molar-refractivity contribution < 1.29 is 29.0 Å². The zero-order chi connectivity index (χ0) is 26.9. The summed E-state index contributed by atoms with van der Waals surface area (Å²) in [5.74, 6) is -1.81. The number of likely N-dealkylation sites (tertiary alicyclic amines) is 1. The average Bonchev–Trinajstić information content (AvgIpc) is 3.60. The minimum Gasteiger partial charge on any atom is -0.507 e. The second-order valence-electron chi connectivity index (χ2n) is 10.0. The van der Waals surface area contributed by atoms with Crippen LogP contribution in [0.25, 0.3) is 5.76 Å². The van der Waals surface area contributed by atoms with Crippen LogP contribution < -0.4 is 9.64 Å². The summed E-state index contributed by atoms with van der Waals surface area (Å²) in [6, 6.07) is 13.9. The summed E-state index contributed by atoms with van der Waals surface area (Å²) in [6.45, 7) is 5.71. The minimum atomic E-state index is -1.76. The molecule has 0 saturated carbocycles. The van der Waals surface area contributed by atoms with Crippen molar-refractivity contribution in [3.8, 4) is 5.75 Å². The number of ketones is 1. The summed E-state index contributed by atoms with van der Waals surface area (Å²) in [5.41, 5.74) is -0.437. The van der Waals surface area contributed by atoms with Crippen LogP contribution in [0.15, 0.2) is 54.1 Å². The lowest BCUT2D eigenvalue weighted by molar-refractivity contribution is -0.145. The van der Waals surface area contributed by atoms with Gasteiger partial charge >= 0.3 is 0 Å². The summed E-state index contributed by atoms with van der Waals surface area (Å²) in [5, 5.41) is 11.6. The first-order valence-electron chi connectivity index (χ1n) is 13.5. The van der Waals surface area contributed by atoms with E-state index in [4.69, 9.17) is 9.47 Å². The quantitative estimate of drug-likeness (QED) is 0.301. The number of para-hydroxylation sites is 1. The maximum Gasteiger partial charge on any atom is 0.296 e. The first-order chi connectivity index (χ1) is 18.4. The van der Waals surface area contributed by atoms with E-state index >= 15 is 0 Å². The topological polar surface area (TPSA) is 96.4 Å². The minimum absolute atomic E-state index is 0.0901. The molecule has 1 spiro atoms. The van der Waals surface area contributed by atoms with Crippen LogP contribution in [0.1, 0.15) is 57.1 Å². The Labute approximate surface area is 222 Å². The molecule has 8 heteroatoms. The SMILES string of the molecule is CCCCN1C(=O)C2(/C(=C(\O)c3ccc(OCCC)cc3)C(=O)C(=O)N2CC2CCCO2)c2ccccc21. The van der Waals surface area contributed by atoms with Crippen LogP contribution in [0, 0.1) is 0 Å². The monoisotopic (exact) mass is 518 g/mol. The van der Waals surface area contributed by atoms with E-state index < -0.39 is 23.1 Å². The Morgan fingerprint density at radius 3 is 2.53 bits per heavy atom. The van der Waals surface area contributed by atoms with E-state index in [1.54, 1.807) is 41.3 Å². The van der Waals surface area contributed by atoms with Gasteiger partial charge in [0.05, 0.1) is 24.0 Å². The van der Waals surface area contributed by atoms with E-state index in [2.05, 4.69) is 0 Å². The largest absolute Gasteiger partial charge is 0.507 e. The number of aliphatic hydroxyl groups excluding tert-OH is 1. The van der Waals surface area contributed by atoms with Gasteiger partial charge in [-0.2, -0.15) is 0 Å². The molecule has 0 aliphatic carbocycles. The molecule has 2 aromatic rings. The Morgan fingerprint density at radius 1 is 1.08 bits per heavy atom. The van der Waals surface area contributed by atoms with Crippen molar-refractivity contribution in [3.05, 3.63) is 65.2 Å². The Kier molecular flexibility index (Phi) is 7.25. The van der Waals surface area contributed by atoms with Crippen LogP contribution in [0.3, 0.4) is 0 Å². The van der Waals surface area contributed by atoms with Gasteiger partial charge in [-0.15, -0.1) is 0 Å². The van der Waals surface area contributed by atoms with Crippen LogP contribution in [-0.2, 0) is 24.7 Å². The number of nitrogens with zero attached hydrogens (tertiary/aromatic N) is 2. The van der Waals surface area contributed by atoms with E-state index in [-0.39, 0.29) is 24.0 Å². The third-order valence-electron chi connectivity index (χ3n) is 7.56. The first kappa shape index (κ1) is 26.0. The van der Waals surface area contributed by atoms with Crippen LogP contribution in [0.4, 0.5) is 5.69 Å². The predicted octanol–water partition coefficient (Wildman–Crippen LogP) is 4.38.